The predicted octanol–water partition coefficient (Wildman–Crippen LogP) is 0.645. The number of nitrogens with two attached hydrogens (primary N) is 1. The highest BCUT2D eigenvalue weighted by atomic mass is 16.6. The third-order valence-corrected chi connectivity index (χ3v) is 2.30. The molecule has 92 valence electrons. The van der Waals surface area contributed by atoms with Crippen molar-refractivity contribution < 1.29 is 19.9 Å². The average Bonchev–Trinajstić information content (AvgIpc) is 2.15. The number of phenols is 1. The van der Waals surface area contributed by atoms with Gasteiger partial charge >= 0.3 is 11.7 Å². The summed E-state index contributed by atoms with van der Waals surface area (Å²) in [4.78, 5) is 20.5. The zero-order valence-corrected chi connectivity index (χ0v) is 9.08. The molecule has 0 aromatic heterocycles. The predicted molar refractivity (Wildman–Crippen MR) is 58.7 cm³/mol. The van der Waals surface area contributed by atoms with E-state index in [0.29, 0.717) is 5.56 Å². The fourth-order valence-electron chi connectivity index (χ4n) is 1.33. The number of hydrogen-bond acceptors (Lipinski definition) is 5. The fraction of sp³-hybridized carbons (Fsp3) is 0.300. The third kappa shape index (κ3) is 2.91. The van der Waals surface area contributed by atoms with Gasteiger partial charge < -0.3 is 15.9 Å². The number of carboxylic acids is 1. The Balaban J connectivity index is 2.99. The van der Waals surface area contributed by atoms with E-state index in [2.05, 4.69) is 0 Å². The molecule has 7 heteroatoms. The van der Waals surface area contributed by atoms with Crippen LogP contribution < -0.4 is 5.73 Å². The second kappa shape index (κ2) is 4.38. The van der Waals surface area contributed by atoms with Crippen molar-refractivity contribution in [2.24, 2.45) is 5.73 Å². The number of benzene rings is 1. The number of carbonyl (C=O) groups is 1. The topological polar surface area (TPSA) is 127 Å². The lowest BCUT2D eigenvalue weighted by atomic mass is 9.94. The Hall–Kier alpha value is -2.15. The van der Waals surface area contributed by atoms with Gasteiger partial charge in [-0.1, -0.05) is 6.07 Å². The van der Waals surface area contributed by atoms with Crippen LogP contribution in [0.4, 0.5) is 5.69 Å². The van der Waals surface area contributed by atoms with Gasteiger partial charge in [-0.3, -0.25) is 14.9 Å². The van der Waals surface area contributed by atoms with Gasteiger partial charge in [0.1, 0.15) is 5.54 Å². The lowest BCUT2D eigenvalue weighted by Gasteiger charge is -2.18. The van der Waals surface area contributed by atoms with Gasteiger partial charge in [0.15, 0.2) is 5.75 Å². The standard InChI is InChI=1S/C10H12N2O5/c1-10(11,9(14)15)5-6-2-3-7(12(16)17)8(13)4-6/h2-4,13H,5,11H2,1H3,(H,14,15)/t10-/m0/s1. The minimum absolute atomic E-state index is 0.0338. The molecule has 0 saturated heterocycles. The second-order valence-electron chi connectivity index (χ2n) is 3.98. The van der Waals surface area contributed by atoms with E-state index in [9.17, 15) is 20.0 Å². The summed E-state index contributed by atoms with van der Waals surface area (Å²) in [6.07, 6.45) is -0.0338. The Labute approximate surface area is 96.6 Å². The number of hydrogen-bond donors (Lipinski definition) is 3. The summed E-state index contributed by atoms with van der Waals surface area (Å²) >= 11 is 0. The van der Waals surface area contributed by atoms with Crippen LogP contribution in [0.25, 0.3) is 0 Å². The van der Waals surface area contributed by atoms with Crippen molar-refractivity contribution in [2.45, 2.75) is 18.9 Å². The molecule has 0 aliphatic rings. The first kappa shape index (κ1) is 12.9. The maximum absolute atomic E-state index is 10.8. The van der Waals surface area contributed by atoms with Crippen LogP contribution in [0.3, 0.4) is 0 Å². The first-order valence-electron chi connectivity index (χ1n) is 4.72. The van der Waals surface area contributed by atoms with Crippen molar-refractivity contribution >= 4 is 11.7 Å². The number of phenolic OH excluding ortho intramolecular Hbond substituents is 1. The monoisotopic (exact) mass is 240 g/mol. The van der Waals surface area contributed by atoms with Crippen molar-refractivity contribution in [3.63, 3.8) is 0 Å². The third-order valence-electron chi connectivity index (χ3n) is 2.30. The van der Waals surface area contributed by atoms with Gasteiger partial charge in [0, 0.05) is 12.5 Å². The molecular formula is C10H12N2O5. The molecule has 17 heavy (non-hydrogen) atoms. The Kier molecular flexibility index (Phi) is 3.33. The number of aromatic hydroxyl groups is 1. The number of rotatable bonds is 4. The van der Waals surface area contributed by atoms with Crippen molar-refractivity contribution in [3.05, 3.63) is 33.9 Å². The van der Waals surface area contributed by atoms with E-state index in [4.69, 9.17) is 10.8 Å². The van der Waals surface area contributed by atoms with Gasteiger partial charge in [-0.05, 0) is 18.6 Å². The lowest BCUT2D eigenvalue weighted by Crippen LogP contribution is -2.46. The van der Waals surface area contributed by atoms with Crippen LogP contribution in [0, 0.1) is 10.1 Å². The van der Waals surface area contributed by atoms with E-state index in [1.807, 2.05) is 0 Å². The van der Waals surface area contributed by atoms with E-state index in [0.717, 1.165) is 12.1 Å². The largest absolute Gasteiger partial charge is 0.502 e. The van der Waals surface area contributed by atoms with Crippen LogP contribution in [-0.4, -0.2) is 26.6 Å². The summed E-state index contributed by atoms with van der Waals surface area (Å²) in [5.74, 6) is -1.69. The van der Waals surface area contributed by atoms with E-state index in [1.54, 1.807) is 0 Å². The maximum Gasteiger partial charge on any atom is 0.323 e. The number of aliphatic carboxylic acids is 1. The van der Waals surface area contributed by atoms with Crippen LogP contribution in [-0.2, 0) is 11.2 Å². The minimum atomic E-state index is -1.48. The molecule has 1 aromatic carbocycles. The quantitative estimate of drug-likeness (QED) is 0.523. The molecule has 1 aromatic rings. The van der Waals surface area contributed by atoms with Gasteiger partial charge in [0.25, 0.3) is 0 Å². The van der Waals surface area contributed by atoms with Gasteiger partial charge in [-0.15, -0.1) is 0 Å². The average molecular weight is 240 g/mol. The van der Waals surface area contributed by atoms with Crippen LogP contribution in [0.2, 0.25) is 0 Å². The molecule has 0 heterocycles. The van der Waals surface area contributed by atoms with E-state index >= 15 is 0 Å². The Morgan fingerprint density at radius 2 is 2.18 bits per heavy atom. The summed E-state index contributed by atoms with van der Waals surface area (Å²) in [7, 11) is 0. The van der Waals surface area contributed by atoms with Crippen LogP contribution in [0.15, 0.2) is 18.2 Å². The molecule has 4 N–H and O–H groups in total. The maximum atomic E-state index is 10.8. The first-order valence-corrected chi connectivity index (χ1v) is 4.72. The van der Waals surface area contributed by atoms with Crippen molar-refractivity contribution in [1.82, 2.24) is 0 Å². The molecule has 0 radical (unpaired) electrons. The molecule has 1 atom stereocenters. The summed E-state index contributed by atoms with van der Waals surface area (Å²) < 4.78 is 0. The van der Waals surface area contributed by atoms with Crippen LogP contribution in [0.1, 0.15) is 12.5 Å². The second-order valence-corrected chi connectivity index (χ2v) is 3.98. The lowest BCUT2D eigenvalue weighted by molar-refractivity contribution is -0.385. The molecule has 0 aliphatic heterocycles. The molecule has 0 saturated carbocycles. The molecule has 0 amide bonds. The molecule has 0 bridgehead atoms. The highest BCUT2D eigenvalue weighted by Crippen LogP contribution is 2.27. The number of carboxylic acid groups (broad SMARTS) is 1. The van der Waals surface area contributed by atoms with Gasteiger partial charge in [0.05, 0.1) is 4.92 Å². The molecule has 0 unspecified atom stereocenters. The van der Waals surface area contributed by atoms with Gasteiger partial charge in [-0.25, -0.2) is 0 Å². The Bertz CT molecular complexity index is 470. The van der Waals surface area contributed by atoms with Crippen molar-refractivity contribution in [3.8, 4) is 5.75 Å². The van der Waals surface area contributed by atoms with E-state index in [1.165, 1.54) is 13.0 Å². The molecule has 7 nitrogen and oxygen atoms in total. The molecule has 0 aliphatic carbocycles. The van der Waals surface area contributed by atoms with Crippen molar-refractivity contribution in [2.75, 3.05) is 0 Å². The summed E-state index contributed by atoms with van der Waals surface area (Å²) in [5, 5.41) is 28.6. The highest BCUT2D eigenvalue weighted by Gasteiger charge is 2.28. The summed E-state index contributed by atoms with van der Waals surface area (Å²) in [6, 6.07) is 3.63. The van der Waals surface area contributed by atoms with Gasteiger partial charge in [-0.2, -0.15) is 0 Å². The SMILES string of the molecule is C[C@](N)(Cc1ccc([N+](=O)[O-])c(O)c1)C(=O)O. The minimum Gasteiger partial charge on any atom is -0.502 e. The molecular weight excluding hydrogens is 228 g/mol. The zero-order valence-electron chi connectivity index (χ0n) is 9.08. The summed E-state index contributed by atoms with van der Waals surface area (Å²) in [6.45, 7) is 1.33. The normalized spacial score (nSPS) is 14.0. The van der Waals surface area contributed by atoms with Crippen LogP contribution in [0.5, 0.6) is 5.75 Å². The molecule has 0 spiro atoms. The van der Waals surface area contributed by atoms with E-state index < -0.39 is 27.9 Å². The Morgan fingerprint density at radius 3 is 2.59 bits per heavy atom. The van der Waals surface area contributed by atoms with Gasteiger partial charge in [0.2, 0.25) is 0 Å². The summed E-state index contributed by atoms with van der Waals surface area (Å²) in [5.41, 5.74) is 4.03. The van der Waals surface area contributed by atoms with E-state index in [-0.39, 0.29) is 6.42 Å². The number of nitro benzene ring substituents is 1. The number of nitrogens with zero attached hydrogens (tertiary/aromatic N) is 1. The smallest absolute Gasteiger partial charge is 0.323 e. The zero-order chi connectivity index (χ0) is 13.2. The molecule has 1 rings (SSSR count). The number of nitro groups is 1. The Morgan fingerprint density at radius 1 is 1.59 bits per heavy atom. The highest BCUT2D eigenvalue weighted by molar-refractivity contribution is 5.78. The van der Waals surface area contributed by atoms with Crippen molar-refractivity contribution in [1.29, 1.82) is 0 Å². The van der Waals surface area contributed by atoms with Crippen LogP contribution >= 0.6 is 0 Å². The molecule has 0 fully saturated rings. The fourth-order valence-corrected chi connectivity index (χ4v) is 1.33. The first-order chi connectivity index (χ1) is 7.74.